The van der Waals surface area contributed by atoms with Crippen LogP contribution in [0.5, 0.6) is 5.75 Å². The molecule has 0 aliphatic heterocycles. The number of aliphatic hydroxyl groups excluding tert-OH is 1. The van der Waals surface area contributed by atoms with Gasteiger partial charge in [0.2, 0.25) is 0 Å². The predicted octanol–water partition coefficient (Wildman–Crippen LogP) is 0.920. The molecule has 0 saturated carbocycles. The van der Waals surface area contributed by atoms with Gasteiger partial charge in [-0.15, -0.1) is 0 Å². The molecule has 3 N–H and O–H groups in total. The van der Waals surface area contributed by atoms with E-state index >= 15 is 0 Å². The molecule has 0 fully saturated rings. The second kappa shape index (κ2) is 10.0. The number of benzene rings is 1. The highest BCUT2D eigenvalue weighted by atomic mass is 16.5. The average Bonchev–Trinajstić information content (AvgIpc) is 2.73. The Labute approximate surface area is 161 Å². The molecule has 0 saturated heterocycles. The SMILES string of the molecule is COC(=O)c1ccc(C(=O)NC(=O)N[C@H](CO)Cc2ccc(OC)cc2)nc1. The van der Waals surface area contributed by atoms with Crippen LogP contribution >= 0.6 is 0 Å². The molecule has 9 nitrogen and oxygen atoms in total. The second-order valence-electron chi connectivity index (χ2n) is 5.78. The third kappa shape index (κ3) is 5.78. The summed E-state index contributed by atoms with van der Waals surface area (Å²) in [5.74, 6) is -0.622. The van der Waals surface area contributed by atoms with Crippen LogP contribution in [-0.4, -0.2) is 54.9 Å². The second-order valence-corrected chi connectivity index (χ2v) is 5.78. The number of aliphatic hydroxyl groups is 1. The minimum absolute atomic E-state index is 0.0431. The quantitative estimate of drug-likeness (QED) is 0.603. The van der Waals surface area contributed by atoms with Gasteiger partial charge in [-0.3, -0.25) is 15.1 Å². The third-order valence-corrected chi connectivity index (χ3v) is 3.84. The van der Waals surface area contributed by atoms with Crippen LogP contribution in [0.15, 0.2) is 42.6 Å². The van der Waals surface area contributed by atoms with Crippen molar-refractivity contribution in [1.29, 1.82) is 0 Å². The number of nitrogens with one attached hydrogen (secondary N) is 2. The third-order valence-electron chi connectivity index (χ3n) is 3.84. The molecule has 0 spiro atoms. The molecule has 1 heterocycles. The lowest BCUT2D eigenvalue weighted by Crippen LogP contribution is -2.47. The van der Waals surface area contributed by atoms with Gasteiger partial charge in [0, 0.05) is 6.20 Å². The van der Waals surface area contributed by atoms with Gasteiger partial charge in [0.05, 0.1) is 32.4 Å². The monoisotopic (exact) mass is 387 g/mol. The highest BCUT2D eigenvalue weighted by Crippen LogP contribution is 2.12. The Morgan fingerprint density at radius 3 is 2.36 bits per heavy atom. The number of hydrogen-bond acceptors (Lipinski definition) is 7. The number of aromatic nitrogens is 1. The van der Waals surface area contributed by atoms with Crippen LogP contribution in [0.1, 0.15) is 26.4 Å². The first-order valence-corrected chi connectivity index (χ1v) is 8.36. The minimum Gasteiger partial charge on any atom is -0.497 e. The number of nitrogens with zero attached hydrogens (tertiary/aromatic N) is 1. The van der Waals surface area contributed by atoms with Gasteiger partial charge < -0.3 is 19.9 Å². The topological polar surface area (TPSA) is 127 Å². The van der Waals surface area contributed by atoms with Crippen LogP contribution in [0.2, 0.25) is 0 Å². The maximum atomic E-state index is 12.1. The standard InChI is InChI=1S/C19H21N3O6/c1-27-15-6-3-12(4-7-15)9-14(11-23)21-19(26)22-17(24)16-8-5-13(10-20-16)18(25)28-2/h3-8,10,14,23H,9,11H2,1-2H3,(H2,21,22,24,26)/t14-/m0/s1. The molecule has 2 rings (SSSR count). The number of carbonyl (C=O) groups is 3. The van der Waals surface area contributed by atoms with Crippen molar-refractivity contribution in [1.82, 2.24) is 15.6 Å². The molecule has 0 unspecified atom stereocenters. The number of pyridine rings is 1. The van der Waals surface area contributed by atoms with E-state index in [1.54, 1.807) is 19.2 Å². The Kier molecular flexibility index (Phi) is 7.46. The molecule has 3 amide bonds. The Hall–Kier alpha value is -3.46. The van der Waals surface area contributed by atoms with E-state index in [1.807, 2.05) is 12.1 Å². The van der Waals surface area contributed by atoms with Gasteiger partial charge in [0.25, 0.3) is 5.91 Å². The van der Waals surface area contributed by atoms with Gasteiger partial charge in [-0.25, -0.2) is 9.59 Å². The molecule has 9 heteroatoms. The summed E-state index contributed by atoms with van der Waals surface area (Å²) in [4.78, 5) is 39.3. The highest BCUT2D eigenvalue weighted by molar-refractivity contribution is 6.03. The van der Waals surface area contributed by atoms with Crippen molar-refractivity contribution in [2.24, 2.45) is 0 Å². The van der Waals surface area contributed by atoms with Crippen molar-refractivity contribution in [3.8, 4) is 5.75 Å². The fourth-order valence-electron chi connectivity index (χ4n) is 2.36. The van der Waals surface area contributed by atoms with Crippen LogP contribution < -0.4 is 15.4 Å². The van der Waals surface area contributed by atoms with Crippen LogP contribution in [-0.2, 0) is 11.2 Å². The zero-order valence-electron chi connectivity index (χ0n) is 15.5. The molecule has 2 aromatic rings. The summed E-state index contributed by atoms with van der Waals surface area (Å²) in [5.41, 5.74) is 1.02. The van der Waals surface area contributed by atoms with Crippen molar-refractivity contribution >= 4 is 17.9 Å². The number of esters is 1. The number of methoxy groups -OCH3 is 2. The number of urea groups is 1. The summed E-state index contributed by atoms with van der Waals surface area (Å²) in [5, 5.41) is 14.1. The van der Waals surface area contributed by atoms with Gasteiger partial charge in [0.1, 0.15) is 11.4 Å². The molecular formula is C19H21N3O6. The summed E-state index contributed by atoms with van der Waals surface area (Å²) in [6, 6.07) is 8.50. The molecule has 0 aliphatic rings. The van der Waals surface area contributed by atoms with Gasteiger partial charge in [-0.2, -0.15) is 0 Å². The Balaban J connectivity index is 1.91. The lowest BCUT2D eigenvalue weighted by Gasteiger charge is -2.16. The molecule has 148 valence electrons. The summed E-state index contributed by atoms with van der Waals surface area (Å²) >= 11 is 0. The van der Waals surface area contributed by atoms with Crippen LogP contribution in [0.25, 0.3) is 0 Å². The number of ether oxygens (including phenoxy) is 2. The molecule has 1 aromatic carbocycles. The largest absolute Gasteiger partial charge is 0.497 e. The molecule has 28 heavy (non-hydrogen) atoms. The van der Waals surface area contributed by atoms with Gasteiger partial charge >= 0.3 is 12.0 Å². The van der Waals surface area contributed by atoms with Crippen molar-refractivity contribution in [2.75, 3.05) is 20.8 Å². The lowest BCUT2D eigenvalue weighted by molar-refractivity contribution is 0.0599. The molecule has 0 bridgehead atoms. The van der Waals surface area contributed by atoms with E-state index in [0.717, 1.165) is 5.56 Å². The van der Waals surface area contributed by atoms with Gasteiger partial charge in [0.15, 0.2) is 0 Å². The number of carbonyl (C=O) groups excluding carboxylic acids is 3. The maximum Gasteiger partial charge on any atom is 0.339 e. The van der Waals surface area contributed by atoms with E-state index in [-0.39, 0.29) is 17.9 Å². The van der Waals surface area contributed by atoms with E-state index in [1.165, 1.54) is 25.4 Å². The Bertz CT molecular complexity index is 821. The zero-order chi connectivity index (χ0) is 20.5. The Morgan fingerprint density at radius 2 is 1.82 bits per heavy atom. The Morgan fingerprint density at radius 1 is 1.11 bits per heavy atom. The summed E-state index contributed by atoms with van der Waals surface area (Å²) in [7, 11) is 2.79. The number of imide groups is 1. The highest BCUT2D eigenvalue weighted by Gasteiger charge is 2.17. The number of amides is 3. The molecule has 1 aromatic heterocycles. The maximum absolute atomic E-state index is 12.1. The fourth-order valence-corrected chi connectivity index (χ4v) is 2.36. The molecule has 0 radical (unpaired) electrons. The first kappa shape index (κ1) is 20.8. The van der Waals surface area contributed by atoms with Crippen molar-refractivity contribution < 1.29 is 29.0 Å². The number of hydrogen-bond donors (Lipinski definition) is 3. The fraction of sp³-hybridized carbons (Fsp3) is 0.263. The molecule has 1 atom stereocenters. The van der Waals surface area contributed by atoms with Crippen molar-refractivity contribution in [3.05, 3.63) is 59.4 Å². The predicted molar refractivity (Wildman–Crippen MR) is 99.1 cm³/mol. The molecular weight excluding hydrogens is 366 g/mol. The summed E-state index contributed by atoms with van der Waals surface area (Å²) < 4.78 is 9.62. The number of rotatable bonds is 7. The lowest BCUT2D eigenvalue weighted by atomic mass is 10.1. The van der Waals surface area contributed by atoms with Crippen molar-refractivity contribution in [2.45, 2.75) is 12.5 Å². The van der Waals surface area contributed by atoms with Gasteiger partial charge in [-0.1, -0.05) is 12.1 Å². The normalized spacial score (nSPS) is 11.2. The van der Waals surface area contributed by atoms with E-state index in [9.17, 15) is 19.5 Å². The molecule has 0 aliphatic carbocycles. The first-order valence-electron chi connectivity index (χ1n) is 8.36. The van der Waals surface area contributed by atoms with E-state index in [0.29, 0.717) is 12.2 Å². The zero-order valence-corrected chi connectivity index (χ0v) is 15.5. The average molecular weight is 387 g/mol. The van der Waals surface area contributed by atoms with E-state index in [2.05, 4.69) is 20.4 Å². The summed E-state index contributed by atoms with van der Waals surface area (Å²) in [6.45, 7) is -0.306. The van der Waals surface area contributed by atoms with E-state index < -0.39 is 23.9 Å². The summed E-state index contributed by atoms with van der Waals surface area (Å²) in [6.07, 6.45) is 1.55. The van der Waals surface area contributed by atoms with E-state index in [4.69, 9.17) is 4.74 Å². The minimum atomic E-state index is -0.767. The first-order chi connectivity index (χ1) is 13.5. The van der Waals surface area contributed by atoms with Crippen LogP contribution in [0, 0.1) is 0 Å². The smallest absolute Gasteiger partial charge is 0.339 e. The van der Waals surface area contributed by atoms with Crippen LogP contribution in [0.4, 0.5) is 4.79 Å². The van der Waals surface area contributed by atoms with Crippen molar-refractivity contribution in [3.63, 3.8) is 0 Å². The van der Waals surface area contributed by atoms with Gasteiger partial charge in [-0.05, 0) is 36.2 Å². The van der Waals surface area contributed by atoms with Crippen LogP contribution in [0.3, 0.4) is 0 Å².